The molecule has 0 saturated carbocycles. The SMILES string of the molecule is COc1cc2ncnc(N3CCC(n4c(=S)[nH]c5cc(C)ccc54)CC3)c2cc1OC. The quantitative estimate of drug-likeness (QED) is 0.464. The van der Waals surface area contributed by atoms with Crippen molar-refractivity contribution in [3.05, 3.63) is 47.0 Å². The number of nitrogens with one attached hydrogen (secondary N) is 1. The smallest absolute Gasteiger partial charge is 0.178 e. The van der Waals surface area contributed by atoms with Crippen LogP contribution in [0.15, 0.2) is 36.7 Å². The Morgan fingerprint density at radius 3 is 2.52 bits per heavy atom. The number of anilines is 1. The molecular formula is C23H25N5O2S. The summed E-state index contributed by atoms with van der Waals surface area (Å²) in [6, 6.07) is 10.7. The van der Waals surface area contributed by atoms with Gasteiger partial charge in [-0.2, -0.15) is 0 Å². The second-order valence-electron chi connectivity index (χ2n) is 7.96. The number of hydrogen-bond acceptors (Lipinski definition) is 6. The summed E-state index contributed by atoms with van der Waals surface area (Å²) in [6.07, 6.45) is 3.61. The summed E-state index contributed by atoms with van der Waals surface area (Å²) in [4.78, 5) is 14.7. The summed E-state index contributed by atoms with van der Waals surface area (Å²) in [6.45, 7) is 3.89. The van der Waals surface area contributed by atoms with Gasteiger partial charge in [-0.05, 0) is 55.7 Å². The molecule has 0 amide bonds. The van der Waals surface area contributed by atoms with Gasteiger partial charge in [0.1, 0.15) is 12.1 Å². The lowest BCUT2D eigenvalue weighted by Gasteiger charge is -2.34. The van der Waals surface area contributed by atoms with E-state index in [9.17, 15) is 0 Å². The van der Waals surface area contributed by atoms with Gasteiger partial charge in [0.15, 0.2) is 16.3 Å². The molecule has 0 spiro atoms. The number of nitrogens with zero attached hydrogens (tertiary/aromatic N) is 4. The van der Waals surface area contributed by atoms with Crippen molar-refractivity contribution in [2.24, 2.45) is 0 Å². The molecule has 1 aliphatic rings. The Hall–Kier alpha value is -3.13. The monoisotopic (exact) mass is 435 g/mol. The fraction of sp³-hybridized carbons (Fsp3) is 0.348. The largest absolute Gasteiger partial charge is 0.493 e. The minimum Gasteiger partial charge on any atom is -0.493 e. The first-order valence-corrected chi connectivity index (χ1v) is 10.8. The lowest BCUT2D eigenvalue weighted by atomic mass is 10.0. The molecule has 8 heteroatoms. The summed E-state index contributed by atoms with van der Waals surface area (Å²) < 4.78 is 14.0. The number of hydrogen-bond donors (Lipinski definition) is 1. The maximum Gasteiger partial charge on any atom is 0.178 e. The molecule has 2 aromatic heterocycles. The molecule has 0 aliphatic carbocycles. The highest BCUT2D eigenvalue weighted by atomic mass is 32.1. The normalized spacial score (nSPS) is 15.0. The molecule has 4 aromatic rings. The third kappa shape index (κ3) is 3.40. The van der Waals surface area contributed by atoms with Crippen LogP contribution in [-0.2, 0) is 0 Å². The third-order valence-electron chi connectivity index (χ3n) is 6.12. The summed E-state index contributed by atoms with van der Waals surface area (Å²) >= 11 is 5.66. The zero-order valence-electron chi connectivity index (χ0n) is 17.9. The average molecular weight is 436 g/mol. The first kappa shape index (κ1) is 19.8. The first-order valence-electron chi connectivity index (χ1n) is 10.4. The third-order valence-corrected chi connectivity index (χ3v) is 6.42. The molecule has 0 radical (unpaired) electrons. The van der Waals surface area contributed by atoms with Gasteiger partial charge in [-0.1, -0.05) is 6.07 Å². The van der Waals surface area contributed by atoms with Crippen molar-refractivity contribution in [1.82, 2.24) is 19.5 Å². The van der Waals surface area contributed by atoms with Gasteiger partial charge in [0.25, 0.3) is 0 Å². The zero-order chi connectivity index (χ0) is 21.5. The number of aryl methyl sites for hydroxylation is 1. The van der Waals surface area contributed by atoms with Gasteiger partial charge in [-0.3, -0.25) is 0 Å². The van der Waals surface area contributed by atoms with E-state index in [1.807, 2.05) is 12.1 Å². The number of aromatic nitrogens is 4. The maximum atomic E-state index is 5.66. The lowest BCUT2D eigenvalue weighted by Crippen LogP contribution is -2.35. The summed E-state index contributed by atoms with van der Waals surface area (Å²) in [5.74, 6) is 2.28. The number of ether oxygens (including phenoxy) is 2. The van der Waals surface area contributed by atoms with Crippen molar-refractivity contribution in [3.8, 4) is 11.5 Å². The van der Waals surface area contributed by atoms with Crippen LogP contribution in [0.3, 0.4) is 0 Å². The Morgan fingerprint density at radius 2 is 1.77 bits per heavy atom. The number of H-pyrrole nitrogens is 1. The fourth-order valence-electron chi connectivity index (χ4n) is 4.56. The second-order valence-corrected chi connectivity index (χ2v) is 8.35. The van der Waals surface area contributed by atoms with E-state index >= 15 is 0 Å². The van der Waals surface area contributed by atoms with Gasteiger partial charge in [-0.15, -0.1) is 0 Å². The molecule has 1 N–H and O–H groups in total. The van der Waals surface area contributed by atoms with Gasteiger partial charge in [-0.25, -0.2) is 9.97 Å². The van der Waals surface area contributed by atoms with E-state index < -0.39 is 0 Å². The van der Waals surface area contributed by atoms with Gasteiger partial charge < -0.3 is 23.9 Å². The van der Waals surface area contributed by atoms with Crippen LogP contribution in [0, 0.1) is 11.7 Å². The van der Waals surface area contributed by atoms with E-state index in [0.717, 1.165) is 52.9 Å². The Balaban J connectivity index is 1.44. The molecular weight excluding hydrogens is 410 g/mol. The molecule has 1 aliphatic heterocycles. The Bertz CT molecular complexity index is 1320. The molecule has 31 heavy (non-hydrogen) atoms. The van der Waals surface area contributed by atoms with Crippen molar-refractivity contribution in [2.75, 3.05) is 32.2 Å². The molecule has 5 rings (SSSR count). The highest BCUT2D eigenvalue weighted by molar-refractivity contribution is 7.71. The minimum atomic E-state index is 0.364. The molecule has 0 unspecified atom stereocenters. The molecule has 3 heterocycles. The Morgan fingerprint density at radius 1 is 1.03 bits per heavy atom. The van der Waals surface area contributed by atoms with Gasteiger partial charge in [0.2, 0.25) is 0 Å². The van der Waals surface area contributed by atoms with E-state index in [1.54, 1.807) is 20.5 Å². The zero-order valence-corrected chi connectivity index (χ0v) is 18.7. The first-order chi connectivity index (χ1) is 15.1. The van der Waals surface area contributed by atoms with E-state index in [4.69, 9.17) is 21.7 Å². The minimum absolute atomic E-state index is 0.364. The molecule has 7 nitrogen and oxygen atoms in total. The Kier molecular flexibility index (Phi) is 5.02. The molecule has 1 fully saturated rings. The van der Waals surface area contributed by atoms with Crippen LogP contribution in [0.25, 0.3) is 21.9 Å². The van der Waals surface area contributed by atoms with Crippen LogP contribution in [0.1, 0.15) is 24.4 Å². The van der Waals surface area contributed by atoms with Crippen molar-refractivity contribution in [1.29, 1.82) is 0 Å². The predicted molar refractivity (Wildman–Crippen MR) is 125 cm³/mol. The van der Waals surface area contributed by atoms with Gasteiger partial charge in [0, 0.05) is 30.6 Å². The van der Waals surface area contributed by atoms with E-state index in [2.05, 4.69) is 49.5 Å². The van der Waals surface area contributed by atoms with E-state index in [0.29, 0.717) is 17.5 Å². The van der Waals surface area contributed by atoms with Crippen LogP contribution < -0.4 is 14.4 Å². The van der Waals surface area contributed by atoms with Crippen LogP contribution in [-0.4, -0.2) is 46.8 Å². The standard InChI is InChI=1S/C23H25N5O2S/c1-14-4-5-19-18(10-14)26-23(31)28(19)15-6-8-27(9-7-15)22-16-11-20(29-2)21(30-3)12-17(16)24-13-25-22/h4-5,10-13,15H,6-9H2,1-3H3,(H,26,31). The molecule has 1 saturated heterocycles. The highest BCUT2D eigenvalue weighted by Gasteiger charge is 2.25. The summed E-state index contributed by atoms with van der Waals surface area (Å²) in [5.41, 5.74) is 4.36. The summed E-state index contributed by atoms with van der Waals surface area (Å²) in [7, 11) is 3.28. The molecule has 2 aromatic carbocycles. The fourth-order valence-corrected chi connectivity index (χ4v) is 4.92. The topological polar surface area (TPSA) is 68.2 Å². The number of piperidine rings is 1. The van der Waals surface area contributed by atoms with Gasteiger partial charge >= 0.3 is 0 Å². The highest BCUT2D eigenvalue weighted by Crippen LogP contribution is 2.36. The number of methoxy groups -OCH3 is 2. The average Bonchev–Trinajstić information content (AvgIpc) is 3.12. The van der Waals surface area contributed by atoms with Crippen molar-refractivity contribution in [3.63, 3.8) is 0 Å². The van der Waals surface area contributed by atoms with E-state index in [1.165, 1.54) is 11.1 Å². The Labute approximate surface area is 185 Å². The molecule has 160 valence electrons. The van der Waals surface area contributed by atoms with Crippen LogP contribution >= 0.6 is 12.2 Å². The van der Waals surface area contributed by atoms with Crippen molar-refractivity contribution < 1.29 is 9.47 Å². The molecule has 0 atom stereocenters. The summed E-state index contributed by atoms with van der Waals surface area (Å²) in [5, 5.41) is 0.970. The number of rotatable bonds is 4. The van der Waals surface area contributed by atoms with E-state index in [-0.39, 0.29) is 0 Å². The van der Waals surface area contributed by atoms with Crippen LogP contribution in [0.2, 0.25) is 0 Å². The van der Waals surface area contributed by atoms with Crippen molar-refractivity contribution in [2.45, 2.75) is 25.8 Å². The predicted octanol–water partition coefficient (Wildman–Crippen LogP) is 4.81. The number of benzene rings is 2. The van der Waals surface area contributed by atoms with Crippen LogP contribution in [0.4, 0.5) is 5.82 Å². The number of imidazole rings is 1. The van der Waals surface area contributed by atoms with Crippen LogP contribution in [0.5, 0.6) is 11.5 Å². The lowest BCUT2D eigenvalue weighted by molar-refractivity contribution is 0.355. The maximum absolute atomic E-state index is 5.66. The second kappa shape index (κ2) is 7.85. The number of fused-ring (bicyclic) bond motifs is 2. The van der Waals surface area contributed by atoms with Gasteiger partial charge in [0.05, 0.1) is 30.8 Å². The molecule has 0 bridgehead atoms. The number of aromatic amines is 1. The van der Waals surface area contributed by atoms with Crippen molar-refractivity contribution >= 4 is 40.0 Å².